The number of likely N-dealkylation sites (tertiary alicyclic amines) is 1. The molecule has 0 spiro atoms. The molecule has 13 nitrogen and oxygen atoms in total. The number of nitrogens with zero attached hydrogens (tertiary/aromatic N) is 2. The molecule has 0 aromatic carbocycles. The normalized spacial score (nSPS) is 18.1. The number of nitrogens with one attached hydrogen (secondary N) is 3. The molecule has 0 saturated carbocycles. The van der Waals surface area contributed by atoms with Crippen LogP contribution in [0, 0.1) is 5.92 Å². The maximum absolute atomic E-state index is 13.1. The lowest BCUT2D eigenvalue weighted by atomic mass is 10.0. The van der Waals surface area contributed by atoms with Gasteiger partial charge >= 0.3 is 11.9 Å². The third kappa shape index (κ3) is 8.35. The Hall–Kier alpha value is -3.48. The maximum atomic E-state index is 13.1. The molecule has 4 atom stereocenters. The summed E-state index contributed by atoms with van der Waals surface area (Å²) in [5, 5.41) is 23.1. The molecule has 2 rings (SSSR count). The Morgan fingerprint density at radius 2 is 1.91 bits per heavy atom. The third-order valence-electron chi connectivity index (χ3n) is 5.75. The highest BCUT2D eigenvalue weighted by Gasteiger charge is 2.38. The Morgan fingerprint density at radius 3 is 2.49 bits per heavy atom. The van der Waals surface area contributed by atoms with Gasteiger partial charge in [-0.05, 0) is 31.6 Å². The number of carboxylic acid groups (broad SMARTS) is 2. The largest absolute Gasteiger partial charge is 0.481 e. The van der Waals surface area contributed by atoms with Crippen LogP contribution in [0.3, 0.4) is 0 Å². The van der Waals surface area contributed by atoms with E-state index in [1.54, 1.807) is 0 Å². The molecular weight excluding hydrogens is 460 g/mol. The topological polar surface area (TPSA) is 208 Å². The average molecular weight is 495 g/mol. The first-order chi connectivity index (χ1) is 16.5. The van der Waals surface area contributed by atoms with Crippen LogP contribution in [0.1, 0.15) is 51.6 Å². The van der Waals surface area contributed by atoms with Crippen molar-refractivity contribution in [2.24, 2.45) is 11.7 Å². The van der Waals surface area contributed by atoms with E-state index in [1.165, 1.54) is 17.4 Å². The van der Waals surface area contributed by atoms with E-state index >= 15 is 0 Å². The van der Waals surface area contributed by atoms with Crippen molar-refractivity contribution in [1.29, 1.82) is 0 Å². The number of imidazole rings is 1. The highest BCUT2D eigenvalue weighted by molar-refractivity contribution is 5.94. The molecule has 0 radical (unpaired) electrons. The van der Waals surface area contributed by atoms with Gasteiger partial charge in [-0.3, -0.25) is 19.2 Å². The summed E-state index contributed by atoms with van der Waals surface area (Å²) >= 11 is 0. The monoisotopic (exact) mass is 494 g/mol. The van der Waals surface area contributed by atoms with E-state index in [4.69, 9.17) is 10.8 Å². The SMILES string of the molecule is CC(C)CC(N)C(=O)N1CCCC1C(=O)NC(Cc1cnc[nH]1)C(=O)NC(CCC(=O)O)C(=O)O. The van der Waals surface area contributed by atoms with Gasteiger partial charge in [-0.2, -0.15) is 0 Å². The number of carbonyl (C=O) groups is 5. The van der Waals surface area contributed by atoms with Crippen LogP contribution in [-0.2, 0) is 30.4 Å². The number of hydrogen-bond acceptors (Lipinski definition) is 7. The summed E-state index contributed by atoms with van der Waals surface area (Å²) in [4.78, 5) is 69.4. The summed E-state index contributed by atoms with van der Waals surface area (Å²) in [6.45, 7) is 4.26. The molecule has 7 N–H and O–H groups in total. The van der Waals surface area contributed by atoms with Gasteiger partial charge in [0.15, 0.2) is 0 Å². The zero-order valence-electron chi connectivity index (χ0n) is 19.9. The van der Waals surface area contributed by atoms with Crippen molar-refractivity contribution in [3.05, 3.63) is 18.2 Å². The molecular formula is C22H34N6O7. The summed E-state index contributed by atoms with van der Waals surface area (Å²) < 4.78 is 0. The number of aromatic amines is 1. The second kappa shape index (κ2) is 12.8. The second-order valence-electron chi connectivity index (χ2n) is 9.10. The van der Waals surface area contributed by atoms with Gasteiger partial charge < -0.3 is 36.5 Å². The predicted molar refractivity (Wildman–Crippen MR) is 123 cm³/mol. The van der Waals surface area contributed by atoms with Crippen molar-refractivity contribution in [3.63, 3.8) is 0 Å². The molecule has 13 heteroatoms. The number of aliphatic carboxylic acids is 2. The number of carboxylic acids is 2. The Kier molecular flexibility index (Phi) is 10.2. The van der Waals surface area contributed by atoms with Gasteiger partial charge in [0.05, 0.1) is 12.4 Å². The summed E-state index contributed by atoms with van der Waals surface area (Å²) in [6.07, 6.45) is 3.54. The number of carbonyl (C=O) groups excluding carboxylic acids is 3. The molecule has 1 saturated heterocycles. The fourth-order valence-electron chi connectivity index (χ4n) is 4.02. The minimum Gasteiger partial charge on any atom is -0.481 e. The molecule has 1 fully saturated rings. The van der Waals surface area contributed by atoms with Crippen molar-refractivity contribution >= 4 is 29.7 Å². The van der Waals surface area contributed by atoms with Crippen molar-refractivity contribution in [2.45, 2.75) is 76.5 Å². The second-order valence-corrected chi connectivity index (χ2v) is 9.10. The Bertz CT molecular complexity index is 904. The molecule has 1 aromatic heterocycles. The highest BCUT2D eigenvalue weighted by atomic mass is 16.4. The van der Waals surface area contributed by atoms with E-state index in [1.807, 2.05) is 13.8 Å². The van der Waals surface area contributed by atoms with E-state index < -0.39 is 54.3 Å². The van der Waals surface area contributed by atoms with Gasteiger partial charge in [0, 0.05) is 31.3 Å². The quantitative estimate of drug-likeness (QED) is 0.203. The lowest BCUT2D eigenvalue weighted by Crippen LogP contribution is -2.57. The molecule has 1 aliphatic heterocycles. The van der Waals surface area contributed by atoms with Crippen LogP contribution in [-0.4, -0.2) is 85.5 Å². The number of nitrogens with two attached hydrogens (primary N) is 1. The van der Waals surface area contributed by atoms with Crippen molar-refractivity contribution in [1.82, 2.24) is 25.5 Å². The fraction of sp³-hybridized carbons (Fsp3) is 0.636. The minimum atomic E-state index is -1.45. The smallest absolute Gasteiger partial charge is 0.326 e. The lowest BCUT2D eigenvalue weighted by Gasteiger charge is -2.29. The van der Waals surface area contributed by atoms with Crippen LogP contribution >= 0.6 is 0 Å². The maximum Gasteiger partial charge on any atom is 0.326 e. The van der Waals surface area contributed by atoms with Crippen LogP contribution in [0.25, 0.3) is 0 Å². The summed E-state index contributed by atoms with van der Waals surface area (Å²) in [6, 6.07) is -4.17. The Labute approximate surface area is 202 Å². The number of H-pyrrole nitrogens is 1. The van der Waals surface area contributed by atoms with Crippen LogP contribution in [0.4, 0.5) is 0 Å². The van der Waals surface area contributed by atoms with Gasteiger partial charge in [-0.1, -0.05) is 13.8 Å². The lowest BCUT2D eigenvalue weighted by molar-refractivity contribution is -0.144. The molecule has 0 aliphatic carbocycles. The molecule has 1 aliphatic rings. The van der Waals surface area contributed by atoms with Crippen molar-refractivity contribution < 1.29 is 34.2 Å². The minimum absolute atomic E-state index is 0.0175. The van der Waals surface area contributed by atoms with Crippen LogP contribution < -0.4 is 16.4 Å². The van der Waals surface area contributed by atoms with Gasteiger partial charge in [0.25, 0.3) is 0 Å². The number of hydrogen-bond donors (Lipinski definition) is 6. The third-order valence-corrected chi connectivity index (χ3v) is 5.75. The molecule has 35 heavy (non-hydrogen) atoms. The fourth-order valence-corrected chi connectivity index (χ4v) is 4.02. The van der Waals surface area contributed by atoms with Gasteiger partial charge in [0.1, 0.15) is 18.1 Å². The predicted octanol–water partition coefficient (Wildman–Crippen LogP) is -0.764. The van der Waals surface area contributed by atoms with E-state index in [2.05, 4.69) is 20.6 Å². The van der Waals surface area contributed by atoms with Crippen LogP contribution in [0.2, 0.25) is 0 Å². The molecule has 1 aromatic rings. The summed E-state index contributed by atoms with van der Waals surface area (Å²) in [5.41, 5.74) is 6.55. The summed E-state index contributed by atoms with van der Waals surface area (Å²) in [7, 11) is 0. The first-order valence-corrected chi connectivity index (χ1v) is 11.6. The van der Waals surface area contributed by atoms with E-state index in [0.717, 1.165) is 0 Å². The zero-order chi connectivity index (χ0) is 26.1. The van der Waals surface area contributed by atoms with Crippen molar-refractivity contribution in [2.75, 3.05) is 6.54 Å². The van der Waals surface area contributed by atoms with Crippen LogP contribution in [0.5, 0.6) is 0 Å². The van der Waals surface area contributed by atoms with Gasteiger partial charge in [0.2, 0.25) is 17.7 Å². The molecule has 0 bridgehead atoms. The first kappa shape index (κ1) is 27.8. The molecule has 194 valence electrons. The first-order valence-electron chi connectivity index (χ1n) is 11.6. The molecule has 2 heterocycles. The van der Waals surface area contributed by atoms with Crippen LogP contribution in [0.15, 0.2) is 12.5 Å². The standard InChI is InChI=1S/C22H34N6O7/c1-12(2)8-14(23)21(33)28-7-3-4-17(28)20(32)27-16(9-13-10-24-11-25-13)19(31)26-15(22(34)35)5-6-18(29)30/h10-12,14-17H,3-9,23H2,1-2H3,(H,24,25)(H,26,31)(H,27,32)(H,29,30)(H,34,35). The van der Waals surface area contributed by atoms with Crippen molar-refractivity contribution in [3.8, 4) is 0 Å². The van der Waals surface area contributed by atoms with E-state index in [9.17, 15) is 29.1 Å². The Balaban J connectivity index is 2.14. The number of rotatable bonds is 13. The number of aromatic nitrogens is 2. The van der Waals surface area contributed by atoms with E-state index in [0.29, 0.717) is 31.5 Å². The van der Waals surface area contributed by atoms with Gasteiger partial charge in [-0.25, -0.2) is 9.78 Å². The molecule has 3 amide bonds. The highest BCUT2D eigenvalue weighted by Crippen LogP contribution is 2.20. The van der Waals surface area contributed by atoms with E-state index in [-0.39, 0.29) is 24.7 Å². The molecule has 4 unspecified atom stereocenters. The van der Waals surface area contributed by atoms with Gasteiger partial charge in [-0.15, -0.1) is 0 Å². The number of amides is 3. The average Bonchev–Trinajstić information content (AvgIpc) is 3.46. The summed E-state index contributed by atoms with van der Waals surface area (Å²) in [5.74, 6) is -4.06. The Morgan fingerprint density at radius 1 is 1.20 bits per heavy atom. The zero-order valence-corrected chi connectivity index (χ0v) is 19.9.